The van der Waals surface area contributed by atoms with E-state index in [1.807, 2.05) is 0 Å². The fourth-order valence-electron chi connectivity index (χ4n) is 2.25. The highest BCUT2D eigenvalue weighted by molar-refractivity contribution is 7.85. The zero-order valence-electron chi connectivity index (χ0n) is 11.6. The molecule has 0 spiro atoms. The lowest BCUT2D eigenvalue weighted by atomic mass is 10.1. The summed E-state index contributed by atoms with van der Waals surface area (Å²) in [6, 6.07) is 7.03. The molecule has 21 heavy (non-hydrogen) atoms. The number of hydrogen-bond donors (Lipinski definition) is 1. The summed E-state index contributed by atoms with van der Waals surface area (Å²) >= 11 is 5.86. The largest absolute Gasteiger partial charge is 0.353 e. The van der Waals surface area contributed by atoms with E-state index in [0.29, 0.717) is 11.6 Å². The van der Waals surface area contributed by atoms with Crippen LogP contribution < -0.4 is 0 Å². The monoisotopic (exact) mass is 334 g/mol. The van der Waals surface area contributed by atoms with Gasteiger partial charge in [-0.2, -0.15) is 8.42 Å². The quantitative estimate of drug-likeness (QED) is 0.809. The highest BCUT2D eigenvalue weighted by atomic mass is 35.5. The molecule has 2 unspecified atom stereocenters. The number of ether oxygens (including phenoxy) is 2. The van der Waals surface area contributed by atoms with Crippen LogP contribution in [-0.2, 0) is 19.6 Å². The van der Waals surface area contributed by atoms with E-state index in [9.17, 15) is 8.42 Å². The van der Waals surface area contributed by atoms with Crippen LogP contribution in [0.5, 0.6) is 0 Å². The molecule has 2 rings (SSSR count). The van der Waals surface area contributed by atoms with Gasteiger partial charge in [0.15, 0.2) is 6.29 Å². The van der Waals surface area contributed by atoms with Crippen molar-refractivity contribution >= 4 is 21.7 Å². The van der Waals surface area contributed by atoms with Gasteiger partial charge < -0.3 is 9.47 Å². The molecule has 118 valence electrons. The highest BCUT2D eigenvalue weighted by Gasteiger charge is 2.22. The van der Waals surface area contributed by atoms with Gasteiger partial charge in [0.05, 0.1) is 11.9 Å². The van der Waals surface area contributed by atoms with Crippen LogP contribution in [0.2, 0.25) is 5.02 Å². The lowest BCUT2D eigenvalue weighted by Gasteiger charge is -2.28. The molecule has 0 aromatic heterocycles. The van der Waals surface area contributed by atoms with Crippen LogP contribution in [0, 0.1) is 0 Å². The van der Waals surface area contributed by atoms with Crippen LogP contribution in [-0.4, -0.2) is 31.6 Å². The molecular formula is C14H19ClO5S. The van der Waals surface area contributed by atoms with Crippen molar-refractivity contribution in [3.63, 3.8) is 0 Å². The van der Waals surface area contributed by atoms with Gasteiger partial charge in [-0.25, -0.2) is 0 Å². The average molecular weight is 335 g/mol. The van der Waals surface area contributed by atoms with Crippen LogP contribution in [0.4, 0.5) is 0 Å². The molecule has 2 atom stereocenters. The van der Waals surface area contributed by atoms with E-state index in [2.05, 4.69) is 0 Å². The van der Waals surface area contributed by atoms with Crippen molar-refractivity contribution in [1.82, 2.24) is 0 Å². The summed E-state index contributed by atoms with van der Waals surface area (Å²) in [6.07, 6.45) is 2.21. The van der Waals surface area contributed by atoms with Crippen LogP contribution in [0.15, 0.2) is 24.3 Å². The van der Waals surface area contributed by atoms with Gasteiger partial charge in [-0.3, -0.25) is 4.55 Å². The zero-order chi connectivity index (χ0) is 15.3. The van der Waals surface area contributed by atoms with Crippen LogP contribution in [0.1, 0.15) is 37.4 Å². The lowest BCUT2D eigenvalue weighted by molar-refractivity contribution is -0.190. The molecule has 1 heterocycles. The Bertz CT molecular complexity index is 537. The van der Waals surface area contributed by atoms with Gasteiger partial charge in [0.2, 0.25) is 0 Å². The second-order valence-corrected chi connectivity index (χ2v) is 7.06. The summed E-state index contributed by atoms with van der Waals surface area (Å²) in [6.45, 7) is 0.649. The Morgan fingerprint density at radius 2 is 2.05 bits per heavy atom. The van der Waals surface area contributed by atoms with E-state index in [1.54, 1.807) is 24.3 Å². The molecule has 5 nitrogen and oxygen atoms in total. The molecule has 1 aliphatic rings. The maximum atomic E-state index is 11.0. The fourth-order valence-corrected chi connectivity index (χ4v) is 2.89. The van der Waals surface area contributed by atoms with E-state index in [4.69, 9.17) is 25.6 Å². The zero-order valence-corrected chi connectivity index (χ0v) is 13.1. The molecule has 1 aromatic carbocycles. The number of benzene rings is 1. The first-order chi connectivity index (χ1) is 9.94. The van der Waals surface area contributed by atoms with E-state index in [1.165, 1.54) is 0 Å². The van der Waals surface area contributed by atoms with Crippen molar-refractivity contribution in [2.45, 2.75) is 38.1 Å². The normalized spacial score (nSPS) is 21.1. The smallest absolute Gasteiger partial charge is 0.264 e. The second-order valence-electron chi connectivity index (χ2n) is 5.05. The van der Waals surface area contributed by atoms with Crippen LogP contribution in [0.3, 0.4) is 0 Å². The Morgan fingerprint density at radius 3 is 2.62 bits per heavy atom. The Balaban J connectivity index is 2.06. The van der Waals surface area contributed by atoms with E-state index >= 15 is 0 Å². The first-order valence-electron chi connectivity index (χ1n) is 6.92. The molecule has 0 radical (unpaired) electrons. The van der Waals surface area contributed by atoms with Crippen molar-refractivity contribution in [3.8, 4) is 0 Å². The third kappa shape index (κ3) is 5.92. The molecule has 1 aromatic rings. The summed E-state index contributed by atoms with van der Waals surface area (Å²) in [5.41, 5.74) is 0.817. The minimum Gasteiger partial charge on any atom is -0.353 e. The maximum Gasteiger partial charge on any atom is 0.264 e. The number of hydrogen-bond acceptors (Lipinski definition) is 4. The van der Waals surface area contributed by atoms with Crippen molar-refractivity contribution < 1.29 is 22.4 Å². The molecule has 0 bridgehead atoms. The minimum absolute atomic E-state index is 0.167. The van der Waals surface area contributed by atoms with E-state index in [-0.39, 0.29) is 18.5 Å². The first kappa shape index (κ1) is 16.7. The number of rotatable bonds is 6. The van der Waals surface area contributed by atoms with Gasteiger partial charge in [0, 0.05) is 11.6 Å². The van der Waals surface area contributed by atoms with Crippen LogP contribution in [0.25, 0.3) is 0 Å². The predicted molar refractivity (Wildman–Crippen MR) is 79.9 cm³/mol. The summed E-state index contributed by atoms with van der Waals surface area (Å²) in [7, 11) is -4.02. The predicted octanol–water partition coefficient (Wildman–Crippen LogP) is 3.20. The lowest BCUT2D eigenvalue weighted by Crippen LogP contribution is -2.25. The Morgan fingerprint density at radius 1 is 1.33 bits per heavy atom. The van der Waals surface area contributed by atoms with Crippen molar-refractivity contribution in [2.75, 3.05) is 12.4 Å². The third-order valence-electron chi connectivity index (χ3n) is 3.33. The molecule has 1 fully saturated rings. The summed E-state index contributed by atoms with van der Waals surface area (Å²) < 4.78 is 42.2. The maximum absolute atomic E-state index is 11.0. The van der Waals surface area contributed by atoms with Crippen LogP contribution >= 0.6 is 11.6 Å². The van der Waals surface area contributed by atoms with Gasteiger partial charge >= 0.3 is 0 Å². The molecule has 0 aliphatic carbocycles. The molecule has 0 saturated carbocycles. The van der Waals surface area contributed by atoms with Gasteiger partial charge in [-0.15, -0.1) is 0 Å². The SMILES string of the molecule is O=S(=O)(O)CCC(OC1CCCCO1)c1ccc(Cl)cc1. The fraction of sp³-hybridized carbons (Fsp3) is 0.571. The average Bonchev–Trinajstić information content (AvgIpc) is 2.45. The summed E-state index contributed by atoms with van der Waals surface area (Å²) in [5.74, 6) is -0.354. The van der Waals surface area contributed by atoms with Gasteiger partial charge in [0.25, 0.3) is 10.1 Å². The van der Waals surface area contributed by atoms with E-state index in [0.717, 1.165) is 24.8 Å². The summed E-state index contributed by atoms with van der Waals surface area (Å²) in [5, 5.41) is 0.598. The second kappa shape index (κ2) is 7.56. The van der Waals surface area contributed by atoms with E-state index < -0.39 is 16.2 Å². The topological polar surface area (TPSA) is 72.8 Å². The molecule has 0 amide bonds. The highest BCUT2D eigenvalue weighted by Crippen LogP contribution is 2.28. The van der Waals surface area contributed by atoms with Crippen molar-refractivity contribution in [1.29, 1.82) is 0 Å². The number of halogens is 1. The van der Waals surface area contributed by atoms with Gasteiger partial charge in [0.1, 0.15) is 0 Å². The molecule has 1 aliphatic heterocycles. The van der Waals surface area contributed by atoms with Crippen molar-refractivity contribution in [2.24, 2.45) is 0 Å². The molecular weight excluding hydrogens is 316 g/mol. The van der Waals surface area contributed by atoms with Gasteiger partial charge in [-0.05, 0) is 43.4 Å². The minimum atomic E-state index is -4.02. The molecule has 1 N–H and O–H groups in total. The molecule has 7 heteroatoms. The Labute approximate surface area is 130 Å². The Kier molecular flexibility index (Phi) is 6.01. The standard InChI is InChI=1S/C14H19ClO5S/c15-12-6-4-11(5-7-12)13(8-10-21(16,17)18)20-14-3-1-2-9-19-14/h4-7,13-14H,1-3,8-10H2,(H,16,17,18). The third-order valence-corrected chi connectivity index (χ3v) is 4.34. The van der Waals surface area contributed by atoms with Gasteiger partial charge in [-0.1, -0.05) is 23.7 Å². The van der Waals surface area contributed by atoms with Crippen molar-refractivity contribution in [3.05, 3.63) is 34.9 Å². The molecule has 1 saturated heterocycles. The Hall–Kier alpha value is -0.660. The first-order valence-corrected chi connectivity index (χ1v) is 8.90. The summed E-state index contributed by atoms with van der Waals surface area (Å²) in [4.78, 5) is 0.